The molecule has 1 N–H and O–H groups in total. The van der Waals surface area contributed by atoms with Crippen LogP contribution in [-0.2, 0) is 0 Å². The minimum absolute atomic E-state index is 0.717. The third kappa shape index (κ3) is 4.15. The van der Waals surface area contributed by atoms with Crippen LogP contribution in [0.25, 0.3) is 0 Å². The minimum Gasteiger partial charge on any atom is -0.311 e. The Balaban J connectivity index is 1.69. The molecule has 0 aromatic heterocycles. The molecule has 2 aliphatic rings. The number of piperidine rings is 1. The Hall–Kier alpha value is 0.270. The average Bonchev–Trinajstić information content (AvgIpc) is 2.38. The topological polar surface area (TPSA) is 15.3 Å². The molecule has 0 saturated carbocycles. The van der Waals surface area contributed by atoms with Gasteiger partial charge in [-0.15, -0.1) is 0 Å². The molecule has 2 nitrogen and oxygen atoms in total. The van der Waals surface area contributed by atoms with E-state index >= 15 is 0 Å². The van der Waals surface area contributed by atoms with E-state index in [-0.39, 0.29) is 0 Å². The predicted molar refractivity (Wildman–Crippen MR) is 77.8 cm³/mol. The highest BCUT2D eigenvalue weighted by atomic mass is 32.2. The van der Waals surface area contributed by atoms with E-state index in [0.717, 1.165) is 17.3 Å². The van der Waals surface area contributed by atoms with E-state index in [4.69, 9.17) is 0 Å². The Morgan fingerprint density at radius 2 is 2.00 bits per heavy atom. The summed E-state index contributed by atoms with van der Waals surface area (Å²) in [5, 5.41) is 4.61. The van der Waals surface area contributed by atoms with Crippen molar-refractivity contribution in [3.8, 4) is 0 Å². The molecule has 2 aliphatic heterocycles. The first-order valence-electron chi connectivity index (χ1n) is 7.36. The first-order chi connectivity index (χ1) is 8.27. The van der Waals surface area contributed by atoms with Crippen LogP contribution in [0.1, 0.15) is 46.0 Å². The van der Waals surface area contributed by atoms with E-state index in [2.05, 4.69) is 35.8 Å². The summed E-state index contributed by atoms with van der Waals surface area (Å²) in [5.41, 5.74) is 0. The lowest BCUT2D eigenvalue weighted by molar-refractivity contribution is 0.167. The largest absolute Gasteiger partial charge is 0.311 e. The number of nitrogens with one attached hydrogen (secondary N) is 1. The van der Waals surface area contributed by atoms with Crippen molar-refractivity contribution >= 4 is 11.8 Å². The van der Waals surface area contributed by atoms with Crippen molar-refractivity contribution in [3.63, 3.8) is 0 Å². The van der Waals surface area contributed by atoms with Gasteiger partial charge in [0.2, 0.25) is 0 Å². The van der Waals surface area contributed by atoms with Crippen LogP contribution in [0, 0.1) is 0 Å². The summed E-state index contributed by atoms with van der Waals surface area (Å²) in [6.45, 7) is 8.58. The molecule has 2 rings (SSSR count). The first-order valence-corrected chi connectivity index (χ1v) is 8.41. The van der Waals surface area contributed by atoms with E-state index in [9.17, 15) is 0 Å². The van der Waals surface area contributed by atoms with Crippen LogP contribution in [0.3, 0.4) is 0 Å². The van der Waals surface area contributed by atoms with Gasteiger partial charge in [-0.3, -0.25) is 4.90 Å². The van der Waals surface area contributed by atoms with E-state index < -0.39 is 0 Å². The van der Waals surface area contributed by atoms with Gasteiger partial charge >= 0.3 is 0 Å². The molecule has 0 bridgehead atoms. The van der Waals surface area contributed by atoms with Gasteiger partial charge in [0.05, 0.1) is 0 Å². The molecule has 3 atom stereocenters. The Kier molecular flexibility index (Phi) is 5.64. The fourth-order valence-corrected chi connectivity index (χ4v) is 4.17. The monoisotopic (exact) mass is 256 g/mol. The number of nitrogens with zero attached hydrogens (tertiary/aromatic N) is 1. The van der Waals surface area contributed by atoms with Gasteiger partial charge in [-0.2, -0.15) is 11.8 Å². The second-order valence-corrected chi connectivity index (χ2v) is 7.16. The van der Waals surface area contributed by atoms with Gasteiger partial charge in [-0.05, 0) is 51.4 Å². The predicted octanol–water partition coefficient (Wildman–Crippen LogP) is 2.73. The summed E-state index contributed by atoms with van der Waals surface area (Å²) in [6, 6.07) is 1.47. The molecule has 0 aromatic rings. The lowest BCUT2D eigenvalue weighted by atomic mass is 10.1. The van der Waals surface area contributed by atoms with Crippen molar-refractivity contribution in [1.29, 1.82) is 0 Å². The zero-order valence-corrected chi connectivity index (χ0v) is 12.3. The SMILES string of the molecule is CC1SCCCC1NCC(C)N1CCCCC1. The van der Waals surface area contributed by atoms with Gasteiger partial charge in [-0.1, -0.05) is 13.3 Å². The highest BCUT2D eigenvalue weighted by Gasteiger charge is 2.23. The lowest BCUT2D eigenvalue weighted by Crippen LogP contribution is -2.48. The average molecular weight is 256 g/mol. The van der Waals surface area contributed by atoms with Crippen LogP contribution in [0.2, 0.25) is 0 Å². The molecular formula is C14H28N2S. The highest BCUT2D eigenvalue weighted by molar-refractivity contribution is 7.99. The van der Waals surface area contributed by atoms with Gasteiger partial charge in [0.1, 0.15) is 0 Å². The standard InChI is InChI=1S/C14H28N2S/c1-12(16-8-4-3-5-9-16)11-15-14-7-6-10-17-13(14)2/h12-15H,3-11H2,1-2H3. The molecule has 0 aromatic carbocycles. The summed E-state index contributed by atoms with van der Waals surface area (Å²) in [6.07, 6.45) is 7.01. The Morgan fingerprint density at radius 3 is 2.71 bits per heavy atom. The molecular weight excluding hydrogens is 228 g/mol. The fourth-order valence-electron chi connectivity index (χ4n) is 3.00. The molecule has 3 unspecified atom stereocenters. The number of hydrogen-bond donors (Lipinski definition) is 1. The number of rotatable bonds is 4. The summed E-state index contributed by atoms with van der Waals surface area (Å²) in [4.78, 5) is 2.66. The Morgan fingerprint density at radius 1 is 1.24 bits per heavy atom. The van der Waals surface area contributed by atoms with Crippen molar-refractivity contribution in [3.05, 3.63) is 0 Å². The van der Waals surface area contributed by atoms with Crippen LogP contribution in [0.15, 0.2) is 0 Å². The van der Waals surface area contributed by atoms with Gasteiger partial charge < -0.3 is 5.32 Å². The van der Waals surface area contributed by atoms with Crippen LogP contribution in [0.4, 0.5) is 0 Å². The molecule has 2 fully saturated rings. The molecule has 2 heterocycles. The third-order valence-corrected chi connectivity index (χ3v) is 5.67. The zero-order chi connectivity index (χ0) is 12.1. The molecule has 0 amide bonds. The van der Waals surface area contributed by atoms with Crippen LogP contribution in [0.5, 0.6) is 0 Å². The maximum absolute atomic E-state index is 3.81. The summed E-state index contributed by atoms with van der Waals surface area (Å²) < 4.78 is 0. The van der Waals surface area contributed by atoms with E-state index in [1.807, 2.05) is 0 Å². The number of thioether (sulfide) groups is 1. The molecule has 3 heteroatoms. The molecule has 17 heavy (non-hydrogen) atoms. The molecule has 0 spiro atoms. The van der Waals surface area contributed by atoms with Gasteiger partial charge in [0, 0.05) is 23.9 Å². The minimum atomic E-state index is 0.717. The van der Waals surface area contributed by atoms with E-state index in [1.54, 1.807) is 0 Å². The second kappa shape index (κ2) is 7.01. The van der Waals surface area contributed by atoms with Crippen LogP contribution >= 0.6 is 11.8 Å². The van der Waals surface area contributed by atoms with Gasteiger partial charge in [-0.25, -0.2) is 0 Å². The second-order valence-electron chi connectivity index (χ2n) is 5.68. The van der Waals surface area contributed by atoms with E-state index in [0.29, 0.717) is 0 Å². The van der Waals surface area contributed by atoms with Crippen LogP contribution in [-0.4, -0.2) is 47.6 Å². The maximum atomic E-state index is 3.81. The van der Waals surface area contributed by atoms with Crippen molar-refractivity contribution in [2.75, 3.05) is 25.4 Å². The summed E-state index contributed by atoms with van der Waals surface area (Å²) >= 11 is 2.14. The normalized spacial score (nSPS) is 33.5. The third-order valence-electron chi connectivity index (χ3n) is 4.30. The number of hydrogen-bond acceptors (Lipinski definition) is 3. The van der Waals surface area contributed by atoms with Crippen molar-refractivity contribution in [1.82, 2.24) is 10.2 Å². The zero-order valence-electron chi connectivity index (χ0n) is 11.5. The quantitative estimate of drug-likeness (QED) is 0.832. The number of likely N-dealkylation sites (tertiary alicyclic amines) is 1. The summed E-state index contributed by atoms with van der Waals surface area (Å²) in [5.74, 6) is 1.36. The Bertz CT molecular complexity index is 216. The van der Waals surface area contributed by atoms with Gasteiger partial charge in [0.25, 0.3) is 0 Å². The molecule has 0 radical (unpaired) electrons. The molecule has 2 saturated heterocycles. The lowest BCUT2D eigenvalue weighted by Gasteiger charge is -2.35. The highest BCUT2D eigenvalue weighted by Crippen LogP contribution is 2.25. The fraction of sp³-hybridized carbons (Fsp3) is 1.00. The molecule has 100 valence electrons. The van der Waals surface area contributed by atoms with Crippen molar-refractivity contribution in [2.45, 2.75) is 63.3 Å². The Labute approximate surface area is 111 Å². The molecule has 0 aliphatic carbocycles. The first kappa shape index (κ1) is 13.7. The van der Waals surface area contributed by atoms with Crippen molar-refractivity contribution < 1.29 is 0 Å². The van der Waals surface area contributed by atoms with Gasteiger partial charge in [0.15, 0.2) is 0 Å². The maximum Gasteiger partial charge on any atom is 0.0192 e. The van der Waals surface area contributed by atoms with Crippen LogP contribution < -0.4 is 5.32 Å². The van der Waals surface area contributed by atoms with Crippen molar-refractivity contribution in [2.24, 2.45) is 0 Å². The van der Waals surface area contributed by atoms with E-state index in [1.165, 1.54) is 57.5 Å². The summed E-state index contributed by atoms with van der Waals surface area (Å²) in [7, 11) is 0. The smallest absolute Gasteiger partial charge is 0.0192 e.